The van der Waals surface area contributed by atoms with Gasteiger partial charge in [0.25, 0.3) is 0 Å². The number of aryl methyl sites for hydroxylation is 2. The minimum absolute atomic E-state index is 0.678. The van der Waals surface area contributed by atoms with E-state index in [9.17, 15) is 5.26 Å². The second-order valence-electron chi connectivity index (χ2n) is 7.61. The first kappa shape index (κ1) is 18.8. The summed E-state index contributed by atoms with van der Waals surface area (Å²) in [7, 11) is 0. The number of benzene rings is 3. The van der Waals surface area contributed by atoms with E-state index in [0.29, 0.717) is 5.57 Å². The summed E-state index contributed by atoms with van der Waals surface area (Å²) in [6.07, 6.45) is 2.01. The van der Waals surface area contributed by atoms with Crippen molar-refractivity contribution in [3.8, 4) is 11.8 Å². The van der Waals surface area contributed by atoms with Crippen LogP contribution in [0.5, 0.6) is 0 Å². The molecular formula is C27H24N2. The minimum Gasteiger partial charge on any atom is -0.318 e. The fraction of sp³-hybridized carbons (Fsp3) is 0.148. The van der Waals surface area contributed by atoms with Gasteiger partial charge in [-0.25, -0.2) is 0 Å². The van der Waals surface area contributed by atoms with E-state index in [2.05, 4.69) is 86.9 Å². The van der Waals surface area contributed by atoms with E-state index < -0.39 is 0 Å². The summed E-state index contributed by atoms with van der Waals surface area (Å²) in [5.74, 6) is 0. The zero-order chi connectivity index (χ0) is 20.5. The van der Waals surface area contributed by atoms with Crippen LogP contribution >= 0.6 is 0 Å². The fourth-order valence-corrected chi connectivity index (χ4v) is 3.97. The Bertz CT molecular complexity index is 1300. The van der Waals surface area contributed by atoms with E-state index in [4.69, 9.17) is 0 Å². The Morgan fingerprint density at radius 1 is 0.862 bits per heavy atom. The first-order valence-electron chi connectivity index (χ1n) is 9.86. The van der Waals surface area contributed by atoms with Gasteiger partial charge in [0.15, 0.2) is 0 Å². The van der Waals surface area contributed by atoms with Crippen LogP contribution in [-0.4, -0.2) is 4.57 Å². The lowest BCUT2D eigenvalue weighted by Gasteiger charge is -2.14. The third kappa shape index (κ3) is 3.37. The van der Waals surface area contributed by atoms with Crippen molar-refractivity contribution in [3.63, 3.8) is 0 Å². The van der Waals surface area contributed by atoms with E-state index in [0.717, 1.165) is 22.2 Å². The van der Waals surface area contributed by atoms with Gasteiger partial charge >= 0.3 is 0 Å². The van der Waals surface area contributed by atoms with Crippen molar-refractivity contribution in [2.24, 2.45) is 0 Å². The van der Waals surface area contributed by atoms with Crippen molar-refractivity contribution in [2.45, 2.75) is 27.7 Å². The molecule has 0 atom stereocenters. The number of hydrogen-bond acceptors (Lipinski definition) is 1. The predicted octanol–water partition coefficient (Wildman–Crippen LogP) is 6.93. The Hall–Kier alpha value is -3.57. The first-order valence-corrected chi connectivity index (χ1v) is 9.86. The molecule has 0 N–H and O–H groups in total. The Kier molecular flexibility index (Phi) is 4.82. The standard InChI is InChI=1S/C27H24N2/c1-18-8-7-11-27(20(18)3)29-19(2)14-25(21(29)4)16-26(17-28)24-13-12-22-9-5-6-10-23(22)15-24/h5-16H,1-4H3/b26-16-. The van der Waals surface area contributed by atoms with Crippen LogP contribution in [0.2, 0.25) is 0 Å². The van der Waals surface area contributed by atoms with Crippen molar-refractivity contribution in [1.82, 2.24) is 4.57 Å². The topological polar surface area (TPSA) is 28.7 Å². The molecule has 0 radical (unpaired) electrons. The molecule has 1 aromatic heterocycles. The molecule has 2 heteroatoms. The van der Waals surface area contributed by atoms with E-state index >= 15 is 0 Å². The molecule has 29 heavy (non-hydrogen) atoms. The smallest absolute Gasteiger partial charge is 0.0998 e. The van der Waals surface area contributed by atoms with Crippen LogP contribution in [-0.2, 0) is 0 Å². The Balaban J connectivity index is 1.83. The maximum Gasteiger partial charge on any atom is 0.0998 e. The number of rotatable bonds is 3. The molecule has 0 unspecified atom stereocenters. The molecule has 0 bridgehead atoms. The highest BCUT2D eigenvalue weighted by Crippen LogP contribution is 2.28. The fourth-order valence-electron chi connectivity index (χ4n) is 3.97. The van der Waals surface area contributed by atoms with Crippen LogP contribution in [0, 0.1) is 39.0 Å². The normalized spacial score (nSPS) is 11.6. The summed E-state index contributed by atoms with van der Waals surface area (Å²) in [6.45, 7) is 8.54. The van der Waals surface area contributed by atoms with Crippen molar-refractivity contribution in [3.05, 3.63) is 100 Å². The summed E-state index contributed by atoms with van der Waals surface area (Å²) < 4.78 is 2.28. The van der Waals surface area contributed by atoms with Crippen molar-refractivity contribution in [2.75, 3.05) is 0 Å². The highest BCUT2D eigenvalue weighted by Gasteiger charge is 2.13. The number of nitriles is 1. The number of aromatic nitrogens is 1. The predicted molar refractivity (Wildman–Crippen MR) is 122 cm³/mol. The molecule has 0 amide bonds. The monoisotopic (exact) mass is 376 g/mol. The average Bonchev–Trinajstić information content (AvgIpc) is 3.01. The maximum absolute atomic E-state index is 9.85. The average molecular weight is 377 g/mol. The van der Waals surface area contributed by atoms with Crippen molar-refractivity contribution >= 4 is 22.4 Å². The summed E-state index contributed by atoms with van der Waals surface area (Å²) >= 11 is 0. The number of nitrogens with zero attached hydrogens (tertiary/aromatic N) is 2. The summed E-state index contributed by atoms with van der Waals surface area (Å²) in [4.78, 5) is 0. The van der Waals surface area contributed by atoms with Crippen LogP contribution < -0.4 is 0 Å². The molecule has 0 fully saturated rings. The van der Waals surface area contributed by atoms with Crippen molar-refractivity contribution < 1.29 is 0 Å². The zero-order valence-corrected chi connectivity index (χ0v) is 17.3. The van der Waals surface area contributed by atoms with Gasteiger partial charge in [0.1, 0.15) is 0 Å². The maximum atomic E-state index is 9.85. The Morgan fingerprint density at radius 3 is 2.38 bits per heavy atom. The zero-order valence-electron chi connectivity index (χ0n) is 17.3. The largest absolute Gasteiger partial charge is 0.318 e. The molecule has 0 aliphatic heterocycles. The number of hydrogen-bond donors (Lipinski definition) is 0. The lowest BCUT2D eigenvalue weighted by molar-refractivity contribution is 0.950. The molecule has 0 aliphatic rings. The van der Waals surface area contributed by atoms with Gasteiger partial charge in [-0.15, -0.1) is 0 Å². The van der Waals surface area contributed by atoms with Gasteiger partial charge in [-0.1, -0.05) is 48.5 Å². The SMILES string of the molecule is Cc1cccc(-n2c(C)cc(/C=C(/C#N)c3ccc4ccccc4c3)c2C)c1C. The lowest BCUT2D eigenvalue weighted by Crippen LogP contribution is -2.02. The summed E-state index contributed by atoms with van der Waals surface area (Å²) in [5.41, 5.74) is 8.76. The van der Waals surface area contributed by atoms with Crippen LogP contribution in [0.25, 0.3) is 28.1 Å². The van der Waals surface area contributed by atoms with E-state index in [-0.39, 0.29) is 0 Å². The molecule has 142 valence electrons. The molecule has 0 saturated carbocycles. The van der Waals surface area contributed by atoms with E-state index in [1.54, 1.807) is 0 Å². The van der Waals surface area contributed by atoms with E-state index in [1.165, 1.54) is 27.9 Å². The van der Waals surface area contributed by atoms with Gasteiger partial charge in [-0.05, 0) is 85.0 Å². The van der Waals surface area contributed by atoms with Crippen LogP contribution in [0.4, 0.5) is 0 Å². The molecule has 4 rings (SSSR count). The molecule has 0 aliphatic carbocycles. The molecule has 3 aromatic carbocycles. The number of fused-ring (bicyclic) bond motifs is 1. The van der Waals surface area contributed by atoms with Gasteiger partial charge < -0.3 is 4.57 Å². The molecule has 4 aromatic rings. The molecule has 0 saturated heterocycles. The van der Waals surface area contributed by atoms with Gasteiger partial charge in [0.05, 0.1) is 11.6 Å². The summed E-state index contributed by atoms with van der Waals surface area (Å²) in [6, 6.07) is 25.4. The molecule has 0 spiro atoms. The lowest BCUT2D eigenvalue weighted by atomic mass is 10.0. The molecular weight excluding hydrogens is 352 g/mol. The highest BCUT2D eigenvalue weighted by atomic mass is 15.0. The quantitative estimate of drug-likeness (QED) is 0.356. The number of allylic oxidation sites excluding steroid dienone is 1. The Labute approximate surface area is 172 Å². The van der Waals surface area contributed by atoms with Gasteiger partial charge in [-0.2, -0.15) is 5.26 Å². The molecule has 2 nitrogen and oxygen atoms in total. The summed E-state index contributed by atoms with van der Waals surface area (Å²) in [5, 5.41) is 12.2. The van der Waals surface area contributed by atoms with Crippen LogP contribution in [0.15, 0.2) is 66.7 Å². The van der Waals surface area contributed by atoms with E-state index in [1.807, 2.05) is 24.3 Å². The Morgan fingerprint density at radius 2 is 1.62 bits per heavy atom. The minimum atomic E-state index is 0.678. The highest BCUT2D eigenvalue weighted by molar-refractivity contribution is 5.94. The van der Waals surface area contributed by atoms with Crippen LogP contribution in [0.3, 0.4) is 0 Å². The first-order chi connectivity index (χ1) is 14.0. The second kappa shape index (κ2) is 7.45. The second-order valence-corrected chi connectivity index (χ2v) is 7.61. The van der Waals surface area contributed by atoms with Gasteiger partial charge in [0.2, 0.25) is 0 Å². The van der Waals surface area contributed by atoms with Crippen molar-refractivity contribution in [1.29, 1.82) is 5.26 Å². The van der Waals surface area contributed by atoms with Gasteiger partial charge in [0, 0.05) is 17.1 Å². The third-order valence-electron chi connectivity index (χ3n) is 5.77. The third-order valence-corrected chi connectivity index (χ3v) is 5.77. The van der Waals surface area contributed by atoms with Gasteiger partial charge in [-0.3, -0.25) is 0 Å². The molecule has 1 heterocycles. The van der Waals surface area contributed by atoms with Crippen LogP contribution in [0.1, 0.15) is 33.6 Å².